The summed E-state index contributed by atoms with van der Waals surface area (Å²) in [5.74, 6) is 0.940. The van der Waals surface area contributed by atoms with Crippen molar-refractivity contribution in [2.45, 2.75) is 26.8 Å². The third kappa shape index (κ3) is 3.94. The number of methoxy groups -OCH3 is 1. The normalized spacial score (nSPS) is 26.9. The molecule has 0 N–H and O–H groups in total. The molecule has 1 aromatic rings. The summed E-state index contributed by atoms with van der Waals surface area (Å²) in [5.41, 5.74) is 2.49. The Labute approximate surface area is 138 Å². The third-order valence-corrected chi connectivity index (χ3v) is 5.21. The van der Waals surface area contributed by atoms with Crippen molar-refractivity contribution in [3.63, 3.8) is 0 Å². The Kier molecular flexibility index (Phi) is 5.36. The van der Waals surface area contributed by atoms with E-state index >= 15 is 0 Å². The summed E-state index contributed by atoms with van der Waals surface area (Å²) in [6.45, 7) is 12.7. The second-order valence-electron chi connectivity index (χ2n) is 7.08. The number of likely N-dealkylation sites (tertiary alicyclic amines) is 1. The minimum atomic E-state index is 0.253. The van der Waals surface area contributed by atoms with E-state index in [1.54, 1.807) is 7.11 Å². The first kappa shape index (κ1) is 16.9. The van der Waals surface area contributed by atoms with E-state index in [1.807, 2.05) is 13.8 Å². The van der Waals surface area contributed by atoms with Gasteiger partial charge in [-0.25, -0.2) is 0 Å². The molecule has 0 saturated carbocycles. The number of aromatic nitrogens is 1. The maximum absolute atomic E-state index is 5.96. The highest BCUT2D eigenvalue weighted by Gasteiger charge is 2.41. The van der Waals surface area contributed by atoms with Gasteiger partial charge in [0.05, 0.1) is 25.5 Å². The predicted molar refractivity (Wildman–Crippen MR) is 87.4 cm³/mol. The lowest BCUT2D eigenvalue weighted by Gasteiger charge is -2.32. The monoisotopic (exact) mass is 323 g/mol. The first-order valence-corrected chi connectivity index (χ1v) is 8.55. The second-order valence-corrected chi connectivity index (χ2v) is 7.08. The van der Waals surface area contributed by atoms with Crippen molar-refractivity contribution >= 4 is 0 Å². The lowest BCUT2D eigenvalue weighted by Crippen LogP contribution is -2.41. The number of rotatable bonds is 5. The number of ether oxygens (including phenoxy) is 2. The van der Waals surface area contributed by atoms with Gasteiger partial charge >= 0.3 is 0 Å². The molecule has 0 amide bonds. The van der Waals surface area contributed by atoms with Gasteiger partial charge < -0.3 is 18.9 Å². The van der Waals surface area contributed by atoms with E-state index < -0.39 is 0 Å². The molecule has 3 rings (SSSR count). The summed E-state index contributed by atoms with van der Waals surface area (Å²) < 4.78 is 16.5. The molecule has 2 fully saturated rings. The fourth-order valence-electron chi connectivity index (χ4n) is 3.85. The summed E-state index contributed by atoms with van der Waals surface area (Å²) in [6, 6.07) is 0. The number of hydrogen-bond acceptors (Lipinski definition) is 6. The van der Waals surface area contributed by atoms with Crippen LogP contribution in [0, 0.1) is 19.3 Å². The molecule has 0 radical (unpaired) electrons. The Balaban J connectivity index is 1.65. The standard InChI is InChI=1S/C17H29N3O3/c1-14-16(15(2)23-18-14)10-20-7-9-22-13-17(12-20)4-5-19(11-17)6-8-21-3/h4-13H2,1-3H3/t17-/m1/s1. The molecular weight excluding hydrogens is 294 g/mol. The molecule has 6 nitrogen and oxygen atoms in total. The molecule has 1 atom stereocenters. The Bertz CT molecular complexity index is 500. The Morgan fingerprint density at radius 1 is 1.22 bits per heavy atom. The topological polar surface area (TPSA) is 51.0 Å². The van der Waals surface area contributed by atoms with Crippen LogP contribution < -0.4 is 0 Å². The smallest absolute Gasteiger partial charge is 0.138 e. The molecular formula is C17H29N3O3. The van der Waals surface area contributed by atoms with Gasteiger partial charge in [-0.3, -0.25) is 4.90 Å². The zero-order valence-corrected chi connectivity index (χ0v) is 14.6. The molecule has 1 aromatic heterocycles. The van der Waals surface area contributed by atoms with E-state index in [2.05, 4.69) is 15.0 Å². The third-order valence-electron chi connectivity index (χ3n) is 5.21. The molecule has 1 spiro atoms. The van der Waals surface area contributed by atoms with E-state index in [-0.39, 0.29) is 5.41 Å². The number of hydrogen-bond donors (Lipinski definition) is 0. The van der Waals surface area contributed by atoms with Crippen molar-refractivity contribution in [2.24, 2.45) is 5.41 Å². The highest BCUT2D eigenvalue weighted by Crippen LogP contribution is 2.34. The maximum Gasteiger partial charge on any atom is 0.138 e. The zero-order chi connectivity index (χ0) is 16.3. The van der Waals surface area contributed by atoms with Crippen molar-refractivity contribution in [3.05, 3.63) is 17.0 Å². The molecule has 0 bridgehead atoms. The van der Waals surface area contributed by atoms with Crippen LogP contribution in [0.1, 0.15) is 23.4 Å². The van der Waals surface area contributed by atoms with Crippen molar-refractivity contribution in [3.8, 4) is 0 Å². The van der Waals surface area contributed by atoms with Gasteiger partial charge in [0, 0.05) is 50.8 Å². The summed E-state index contributed by atoms with van der Waals surface area (Å²) in [7, 11) is 1.77. The molecule has 130 valence electrons. The van der Waals surface area contributed by atoms with Crippen molar-refractivity contribution < 1.29 is 14.0 Å². The van der Waals surface area contributed by atoms with Crippen LogP contribution in [0.15, 0.2) is 4.52 Å². The van der Waals surface area contributed by atoms with Crippen molar-refractivity contribution in [2.75, 3.05) is 59.7 Å². The molecule has 0 unspecified atom stereocenters. The van der Waals surface area contributed by atoms with Crippen LogP contribution in [0.4, 0.5) is 0 Å². The molecule has 2 saturated heterocycles. The van der Waals surface area contributed by atoms with Crippen LogP contribution in [-0.2, 0) is 16.0 Å². The first-order valence-electron chi connectivity index (χ1n) is 8.55. The molecule has 2 aliphatic rings. The average molecular weight is 323 g/mol. The average Bonchev–Trinajstić information content (AvgIpc) is 2.99. The minimum absolute atomic E-state index is 0.253. The van der Waals surface area contributed by atoms with Crippen LogP contribution in [0.2, 0.25) is 0 Å². The number of aryl methyl sites for hydroxylation is 2. The summed E-state index contributed by atoms with van der Waals surface area (Å²) in [4.78, 5) is 5.02. The van der Waals surface area contributed by atoms with E-state index in [9.17, 15) is 0 Å². The van der Waals surface area contributed by atoms with Gasteiger partial charge in [-0.15, -0.1) is 0 Å². The molecule has 0 aliphatic carbocycles. The highest BCUT2D eigenvalue weighted by molar-refractivity contribution is 5.20. The Morgan fingerprint density at radius 2 is 2.04 bits per heavy atom. The second kappa shape index (κ2) is 7.30. The van der Waals surface area contributed by atoms with Crippen LogP contribution >= 0.6 is 0 Å². The summed E-state index contributed by atoms with van der Waals surface area (Å²) in [6.07, 6.45) is 1.20. The fourth-order valence-corrected chi connectivity index (χ4v) is 3.85. The lowest BCUT2D eigenvalue weighted by molar-refractivity contribution is 0.0682. The molecule has 6 heteroatoms. The molecule has 3 heterocycles. The maximum atomic E-state index is 5.96. The van der Waals surface area contributed by atoms with E-state index in [1.165, 1.54) is 12.0 Å². The SMILES string of the molecule is COCCN1CC[C@@]2(COCCN(Cc3c(C)noc3C)C2)C1. The van der Waals surface area contributed by atoms with Gasteiger partial charge in [0.15, 0.2) is 0 Å². The van der Waals surface area contributed by atoms with Crippen LogP contribution in [-0.4, -0.2) is 74.6 Å². The van der Waals surface area contributed by atoms with Crippen molar-refractivity contribution in [1.29, 1.82) is 0 Å². The number of nitrogens with zero attached hydrogens (tertiary/aromatic N) is 3. The molecule has 23 heavy (non-hydrogen) atoms. The zero-order valence-electron chi connectivity index (χ0n) is 14.6. The fraction of sp³-hybridized carbons (Fsp3) is 0.824. The van der Waals surface area contributed by atoms with E-state index in [0.29, 0.717) is 0 Å². The largest absolute Gasteiger partial charge is 0.383 e. The summed E-state index contributed by atoms with van der Waals surface area (Å²) in [5, 5.41) is 4.08. The Hall–Kier alpha value is -0.950. The van der Waals surface area contributed by atoms with E-state index in [0.717, 1.165) is 70.5 Å². The molecule has 0 aromatic carbocycles. The van der Waals surface area contributed by atoms with Gasteiger partial charge in [0.25, 0.3) is 0 Å². The van der Waals surface area contributed by atoms with Gasteiger partial charge in [-0.2, -0.15) is 0 Å². The van der Waals surface area contributed by atoms with Crippen LogP contribution in [0.3, 0.4) is 0 Å². The summed E-state index contributed by atoms with van der Waals surface area (Å²) >= 11 is 0. The van der Waals surface area contributed by atoms with Gasteiger partial charge in [-0.1, -0.05) is 5.16 Å². The van der Waals surface area contributed by atoms with Gasteiger partial charge in [0.1, 0.15) is 5.76 Å². The van der Waals surface area contributed by atoms with Gasteiger partial charge in [-0.05, 0) is 26.8 Å². The van der Waals surface area contributed by atoms with Crippen LogP contribution in [0.5, 0.6) is 0 Å². The minimum Gasteiger partial charge on any atom is -0.383 e. The lowest BCUT2D eigenvalue weighted by atomic mass is 9.87. The molecule has 2 aliphatic heterocycles. The predicted octanol–water partition coefficient (Wildman–Crippen LogP) is 1.46. The first-order chi connectivity index (χ1) is 11.1. The van der Waals surface area contributed by atoms with E-state index in [4.69, 9.17) is 14.0 Å². The quantitative estimate of drug-likeness (QED) is 0.818. The van der Waals surface area contributed by atoms with Crippen molar-refractivity contribution in [1.82, 2.24) is 15.0 Å². The highest BCUT2D eigenvalue weighted by atomic mass is 16.5. The van der Waals surface area contributed by atoms with Crippen LogP contribution in [0.25, 0.3) is 0 Å². The Morgan fingerprint density at radius 3 is 2.78 bits per heavy atom. The van der Waals surface area contributed by atoms with Gasteiger partial charge in [0.2, 0.25) is 0 Å².